The SMILES string of the molecule is O=C(OCc1cccc(F)c1)c1cccc(N2C(=O)CCC2=O)c1. The largest absolute Gasteiger partial charge is 0.457 e. The maximum Gasteiger partial charge on any atom is 0.338 e. The monoisotopic (exact) mass is 327 g/mol. The number of amides is 2. The Kier molecular flexibility index (Phi) is 4.37. The molecule has 6 heteroatoms. The number of halogens is 1. The number of ether oxygens (including phenoxy) is 1. The van der Waals surface area contributed by atoms with Crippen molar-refractivity contribution in [3.05, 3.63) is 65.5 Å². The van der Waals surface area contributed by atoms with Crippen LogP contribution in [0.2, 0.25) is 0 Å². The lowest BCUT2D eigenvalue weighted by Gasteiger charge is -2.14. The number of benzene rings is 2. The van der Waals surface area contributed by atoms with Gasteiger partial charge in [0.25, 0.3) is 0 Å². The second-order valence-corrected chi connectivity index (χ2v) is 5.38. The summed E-state index contributed by atoms with van der Waals surface area (Å²) in [5.41, 5.74) is 1.10. The zero-order chi connectivity index (χ0) is 17.1. The van der Waals surface area contributed by atoms with Gasteiger partial charge in [0, 0.05) is 12.8 Å². The average molecular weight is 327 g/mol. The maximum absolute atomic E-state index is 13.1. The van der Waals surface area contributed by atoms with Crippen LogP contribution in [0.5, 0.6) is 0 Å². The van der Waals surface area contributed by atoms with Crippen molar-refractivity contribution in [1.29, 1.82) is 0 Å². The van der Waals surface area contributed by atoms with E-state index in [-0.39, 0.29) is 36.8 Å². The second kappa shape index (κ2) is 6.62. The molecule has 5 nitrogen and oxygen atoms in total. The summed E-state index contributed by atoms with van der Waals surface area (Å²) in [5.74, 6) is -1.59. The number of esters is 1. The Morgan fingerprint density at radius 2 is 1.75 bits per heavy atom. The minimum Gasteiger partial charge on any atom is -0.457 e. The molecule has 0 spiro atoms. The van der Waals surface area contributed by atoms with Crippen LogP contribution in [0, 0.1) is 5.82 Å². The topological polar surface area (TPSA) is 63.7 Å². The first kappa shape index (κ1) is 15.9. The fourth-order valence-electron chi connectivity index (χ4n) is 2.50. The van der Waals surface area contributed by atoms with Crippen LogP contribution in [0.15, 0.2) is 48.5 Å². The molecule has 24 heavy (non-hydrogen) atoms. The molecule has 2 aromatic rings. The van der Waals surface area contributed by atoms with E-state index in [1.807, 2.05) is 0 Å². The number of rotatable bonds is 4. The first-order chi connectivity index (χ1) is 11.5. The predicted octanol–water partition coefficient (Wildman–Crippen LogP) is 2.84. The van der Waals surface area contributed by atoms with E-state index in [9.17, 15) is 18.8 Å². The van der Waals surface area contributed by atoms with Crippen LogP contribution in [0.25, 0.3) is 0 Å². The summed E-state index contributed by atoms with van der Waals surface area (Å²) in [6, 6.07) is 11.9. The van der Waals surface area contributed by atoms with Gasteiger partial charge in [-0.15, -0.1) is 0 Å². The molecule has 0 atom stereocenters. The third kappa shape index (κ3) is 3.32. The van der Waals surface area contributed by atoms with Crippen LogP contribution in [0.1, 0.15) is 28.8 Å². The van der Waals surface area contributed by atoms with Gasteiger partial charge < -0.3 is 4.74 Å². The molecule has 0 unspecified atom stereocenters. The Bertz CT molecular complexity index is 802. The van der Waals surface area contributed by atoms with Crippen LogP contribution < -0.4 is 4.90 Å². The van der Waals surface area contributed by atoms with E-state index in [4.69, 9.17) is 4.74 Å². The van der Waals surface area contributed by atoms with Gasteiger partial charge in [0.15, 0.2) is 0 Å². The third-order valence-corrected chi connectivity index (χ3v) is 3.65. The summed E-state index contributed by atoms with van der Waals surface area (Å²) in [6.45, 7) is -0.0671. The molecule has 1 saturated heterocycles. The van der Waals surface area contributed by atoms with Gasteiger partial charge in [0.2, 0.25) is 11.8 Å². The van der Waals surface area contributed by atoms with Crippen molar-refractivity contribution in [1.82, 2.24) is 0 Å². The Labute approximate surface area is 137 Å². The fraction of sp³-hybridized carbons (Fsp3) is 0.167. The lowest BCUT2D eigenvalue weighted by atomic mass is 10.2. The molecule has 2 amide bonds. The smallest absolute Gasteiger partial charge is 0.338 e. The van der Waals surface area contributed by atoms with E-state index < -0.39 is 11.8 Å². The van der Waals surface area contributed by atoms with Crippen molar-refractivity contribution in [3.63, 3.8) is 0 Å². The number of carbonyl (C=O) groups is 3. The summed E-state index contributed by atoms with van der Waals surface area (Å²) in [7, 11) is 0. The molecule has 1 aliphatic rings. The minimum absolute atomic E-state index is 0.0671. The van der Waals surface area contributed by atoms with Gasteiger partial charge in [-0.1, -0.05) is 18.2 Å². The number of imide groups is 1. The molecule has 0 aromatic heterocycles. The van der Waals surface area contributed by atoms with Crippen LogP contribution in [-0.2, 0) is 20.9 Å². The van der Waals surface area contributed by atoms with Crippen molar-refractivity contribution < 1.29 is 23.5 Å². The molecule has 0 saturated carbocycles. The van der Waals surface area contributed by atoms with Gasteiger partial charge in [-0.05, 0) is 35.9 Å². The van der Waals surface area contributed by atoms with E-state index in [1.54, 1.807) is 18.2 Å². The fourth-order valence-corrected chi connectivity index (χ4v) is 2.50. The number of anilines is 1. The lowest BCUT2D eigenvalue weighted by Crippen LogP contribution is -2.28. The van der Waals surface area contributed by atoms with Crippen molar-refractivity contribution >= 4 is 23.5 Å². The first-order valence-corrected chi connectivity index (χ1v) is 7.42. The van der Waals surface area contributed by atoms with Gasteiger partial charge in [-0.25, -0.2) is 9.18 Å². The summed E-state index contributed by atoms with van der Waals surface area (Å²) in [6.07, 6.45) is 0.347. The summed E-state index contributed by atoms with van der Waals surface area (Å²) in [4.78, 5) is 36.7. The van der Waals surface area contributed by atoms with E-state index >= 15 is 0 Å². The Morgan fingerprint density at radius 3 is 2.46 bits per heavy atom. The molecular weight excluding hydrogens is 313 g/mol. The van der Waals surface area contributed by atoms with Crippen LogP contribution in [0.4, 0.5) is 10.1 Å². The summed E-state index contributed by atoms with van der Waals surface area (Å²) >= 11 is 0. The molecule has 2 aromatic carbocycles. The average Bonchev–Trinajstić information content (AvgIpc) is 2.91. The normalized spacial score (nSPS) is 14.1. The maximum atomic E-state index is 13.1. The first-order valence-electron chi connectivity index (χ1n) is 7.42. The molecule has 122 valence electrons. The number of hydrogen-bond donors (Lipinski definition) is 0. The van der Waals surface area contributed by atoms with Crippen LogP contribution >= 0.6 is 0 Å². The Hall–Kier alpha value is -3.02. The zero-order valence-electron chi connectivity index (χ0n) is 12.7. The standard InChI is InChI=1S/C18H14FNO4/c19-14-5-1-3-12(9-14)11-24-18(23)13-4-2-6-15(10-13)20-16(21)7-8-17(20)22/h1-6,9-10H,7-8,11H2. The molecule has 1 heterocycles. The quantitative estimate of drug-likeness (QED) is 0.640. The molecule has 3 rings (SSSR count). The van der Waals surface area contributed by atoms with E-state index in [0.29, 0.717) is 11.3 Å². The van der Waals surface area contributed by atoms with Crippen molar-refractivity contribution in [2.24, 2.45) is 0 Å². The predicted molar refractivity (Wildman–Crippen MR) is 83.7 cm³/mol. The zero-order valence-corrected chi connectivity index (χ0v) is 12.7. The highest BCUT2D eigenvalue weighted by Crippen LogP contribution is 2.23. The molecule has 0 aliphatic carbocycles. The number of carbonyl (C=O) groups excluding carboxylic acids is 3. The lowest BCUT2D eigenvalue weighted by molar-refractivity contribution is -0.121. The van der Waals surface area contributed by atoms with Gasteiger partial charge in [0.05, 0.1) is 11.3 Å². The third-order valence-electron chi connectivity index (χ3n) is 3.65. The Morgan fingerprint density at radius 1 is 1.04 bits per heavy atom. The number of hydrogen-bond acceptors (Lipinski definition) is 4. The molecule has 0 radical (unpaired) electrons. The van der Waals surface area contributed by atoms with Gasteiger partial charge >= 0.3 is 5.97 Å². The van der Waals surface area contributed by atoms with Crippen LogP contribution in [0.3, 0.4) is 0 Å². The van der Waals surface area contributed by atoms with E-state index in [2.05, 4.69) is 0 Å². The summed E-state index contributed by atoms with van der Waals surface area (Å²) < 4.78 is 18.3. The molecular formula is C18H14FNO4. The van der Waals surface area contributed by atoms with E-state index in [0.717, 1.165) is 4.90 Å². The van der Waals surface area contributed by atoms with Crippen molar-refractivity contribution in [2.45, 2.75) is 19.4 Å². The molecule has 1 aliphatic heterocycles. The van der Waals surface area contributed by atoms with Gasteiger partial charge in [-0.2, -0.15) is 0 Å². The highest BCUT2D eigenvalue weighted by atomic mass is 19.1. The highest BCUT2D eigenvalue weighted by molar-refractivity contribution is 6.20. The van der Waals surface area contributed by atoms with Gasteiger partial charge in [0.1, 0.15) is 12.4 Å². The second-order valence-electron chi connectivity index (χ2n) is 5.38. The van der Waals surface area contributed by atoms with Crippen molar-refractivity contribution in [2.75, 3.05) is 4.90 Å². The summed E-state index contributed by atoms with van der Waals surface area (Å²) in [5, 5.41) is 0. The minimum atomic E-state index is -0.611. The highest BCUT2D eigenvalue weighted by Gasteiger charge is 2.30. The van der Waals surface area contributed by atoms with Crippen LogP contribution in [-0.4, -0.2) is 17.8 Å². The molecule has 0 N–H and O–H groups in total. The van der Waals surface area contributed by atoms with Crippen molar-refractivity contribution in [3.8, 4) is 0 Å². The van der Waals surface area contributed by atoms with Gasteiger partial charge in [-0.3, -0.25) is 14.5 Å². The molecule has 0 bridgehead atoms. The van der Waals surface area contributed by atoms with E-state index in [1.165, 1.54) is 30.3 Å². The Balaban J connectivity index is 1.72. The number of nitrogens with zero attached hydrogens (tertiary/aromatic N) is 1. The molecule has 1 fully saturated rings.